The highest BCUT2D eigenvalue weighted by Gasteiger charge is 2.13. The summed E-state index contributed by atoms with van der Waals surface area (Å²) in [4.78, 5) is 21.5. The number of ketones is 1. The van der Waals surface area contributed by atoms with Gasteiger partial charge < -0.3 is 14.6 Å². The van der Waals surface area contributed by atoms with Crippen molar-refractivity contribution in [1.29, 1.82) is 0 Å². The molecule has 0 aliphatic carbocycles. The van der Waals surface area contributed by atoms with Gasteiger partial charge in [0.1, 0.15) is 0 Å². The van der Waals surface area contributed by atoms with Gasteiger partial charge in [0.2, 0.25) is 5.78 Å². The monoisotopic (exact) mass is 238 g/mol. The smallest absolute Gasteiger partial charge is 0.372 e. The fraction of sp³-hybridized carbons (Fsp3) is 0.333. The highest BCUT2D eigenvalue weighted by Crippen LogP contribution is 2.28. The van der Waals surface area contributed by atoms with Gasteiger partial charge in [0.25, 0.3) is 0 Å². The molecule has 1 aromatic carbocycles. The molecule has 92 valence electrons. The van der Waals surface area contributed by atoms with Crippen molar-refractivity contribution in [3.05, 3.63) is 23.8 Å². The van der Waals surface area contributed by atoms with Crippen molar-refractivity contribution in [3.63, 3.8) is 0 Å². The van der Waals surface area contributed by atoms with Gasteiger partial charge in [0.15, 0.2) is 11.5 Å². The van der Waals surface area contributed by atoms with E-state index in [1.165, 1.54) is 7.11 Å². The maximum absolute atomic E-state index is 11.1. The number of aliphatic carboxylic acids is 1. The van der Waals surface area contributed by atoms with Gasteiger partial charge in [-0.15, -0.1) is 0 Å². The second-order valence-electron chi connectivity index (χ2n) is 3.32. The van der Waals surface area contributed by atoms with Crippen LogP contribution in [0.1, 0.15) is 12.5 Å². The molecule has 0 saturated heterocycles. The molecule has 0 aliphatic rings. The van der Waals surface area contributed by atoms with Crippen LogP contribution in [0, 0.1) is 0 Å². The number of methoxy groups -OCH3 is 1. The van der Waals surface area contributed by atoms with Crippen LogP contribution >= 0.6 is 0 Å². The first-order chi connectivity index (χ1) is 8.08. The van der Waals surface area contributed by atoms with Crippen molar-refractivity contribution in [2.75, 3.05) is 13.7 Å². The minimum atomic E-state index is -1.43. The maximum Gasteiger partial charge on any atom is 0.372 e. The first kappa shape index (κ1) is 13.0. The van der Waals surface area contributed by atoms with Crippen LogP contribution in [0.25, 0.3) is 0 Å². The summed E-state index contributed by atoms with van der Waals surface area (Å²) in [5, 5.41) is 8.50. The molecule has 0 atom stereocenters. The summed E-state index contributed by atoms with van der Waals surface area (Å²) in [7, 11) is 1.49. The third-order valence-electron chi connectivity index (χ3n) is 2.13. The molecule has 0 spiro atoms. The first-order valence-electron chi connectivity index (χ1n) is 5.14. The van der Waals surface area contributed by atoms with E-state index in [0.717, 1.165) is 0 Å². The summed E-state index contributed by atoms with van der Waals surface area (Å²) in [6.07, 6.45) is -0.155. The molecule has 1 aromatic rings. The number of rotatable bonds is 6. The second-order valence-corrected chi connectivity index (χ2v) is 3.32. The van der Waals surface area contributed by atoms with Gasteiger partial charge >= 0.3 is 5.97 Å². The lowest BCUT2D eigenvalue weighted by atomic mass is 10.1. The van der Waals surface area contributed by atoms with Gasteiger partial charge in [-0.05, 0) is 24.6 Å². The van der Waals surface area contributed by atoms with Gasteiger partial charge in [-0.3, -0.25) is 4.79 Å². The summed E-state index contributed by atoms with van der Waals surface area (Å²) in [6.45, 7) is 2.35. The van der Waals surface area contributed by atoms with Gasteiger partial charge in [-0.2, -0.15) is 0 Å². The molecule has 0 unspecified atom stereocenters. The number of carbonyl (C=O) groups excluding carboxylic acids is 1. The molecule has 0 aliphatic heterocycles. The van der Waals surface area contributed by atoms with E-state index in [0.29, 0.717) is 23.7 Å². The highest BCUT2D eigenvalue weighted by molar-refractivity contribution is 6.33. The number of ether oxygens (including phenoxy) is 2. The molecule has 0 amide bonds. The van der Waals surface area contributed by atoms with E-state index in [4.69, 9.17) is 14.6 Å². The van der Waals surface area contributed by atoms with Gasteiger partial charge in [-0.25, -0.2) is 4.79 Å². The number of carboxylic acids is 1. The van der Waals surface area contributed by atoms with Crippen molar-refractivity contribution in [3.8, 4) is 11.5 Å². The minimum Gasteiger partial charge on any atom is -0.493 e. The van der Waals surface area contributed by atoms with Crippen LogP contribution in [0.2, 0.25) is 0 Å². The van der Waals surface area contributed by atoms with E-state index in [9.17, 15) is 9.59 Å². The molecule has 1 N–H and O–H groups in total. The van der Waals surface area contributed by atoms with Crippen molar-refractivity contribution in [2.24, 2.45) is 0 Å². The van der Waals surface area contributed by atoms with Crippen LogP contribution in [0.4, 0.5) is 0 Å². The lowest BCUT2D eigenvalue weighted by Gasteiger charge is -2.10. The second kappa shape index (κ2) is 5.89. The number of hydrogen-bond acceptors (Lipinski definition) is 4. The molecule has 0 radical (unpaired) electrons. The molecule has 5 nitrogen and oxygen atoms in total. The Morgan fingerprint density at radius 1 is 1.29 bits per heavy atom. The quantitative estimate of drug-likeness (QED) is 0.756. The minimum absolute atomic E-state index is 0.155. The van der Waals surface area contributed by atoms with E-state index in [2.05, 4.69) is 0 Å². The summed E-state index contributed by atoms with van der Waals surface area (Å²) in [5.41, 5.74) is 0.581. The Balaban J connectivity index is 2.89. The van der Waals surface area contributed by atoms with E-state index in [-0.39, 0.29) is 6.42 Å². The third-order valence-corrected chi connectivity index (χ3v) is 2.13. The molecular formula is C12H14O5. The Kier molecular flexibility index (Phi) is 4.51. The third kappa shape index (κ3) is 3.48. The zero-order valence-electron chi connectivity index (χ0n) is 9.73. The number of carbonyl (C=O) groups is 2. The van der Waals surface area contributed by atoms with Gasteiger partial charge in [-0.1, -0.05) is 6.07 Å². The Morgan fingerprint density at radius 2 is 2.00 bits per heavy atom. The van der Waals surface area contributed by atoms with Crippen molar-refractivity contribution < 1.29 is 24.2 Å². The Hall–Kier alpha value is -2.04. The molecule has 0 heterocycles. The van der Waals surface area contributed by atoms with Gasteiger partial charge in [0, 0.05) is 6.42 Å². The predicted molar refractivity (Wildman–Crippen MR) is 60.5 cm³/mol. The Morgan fingerprint density at radius 3 is 2.53 bits per heavy atom. The molecule has 5 heteroatoms. The van der Waals surface area contributed by atoms with Crippen molar-refractivity contribution in [2.45, 2.75) is 13.3 Å². The standard InChI is InChI=1S/C12H14O5/c1-3-17-10-5-4-8(7-11(10)16-2)6-9(13)12(14)15/h4-5,7H,3,6H2,1-2H3,(H,14,15). The zero-order chi connectivity index (χ0) is 12.8. The normalized spacial score (nSPS) is 9.76. The predicted octanol–water partition coefficient (Wildman–Crippen LogP) is 1.29. The lowest BCUT2D eigenvalue weighted by Crippen LogP contribution is -2.15. The Bertz CT molecular complexity index is 425. The fourth-order valence-corrected chi connectivity index (χ4v) is 1.36. The molecule has 1 rings (SSSR count). The van der Waals surface area contributed by atoms with Crippen molar-refractivity contribution in [1.82, 2.24) is 0 Å². The van der Waals surface area contributed by atoms with E-state index in [1.807, 2.05) is 6.92 Å². The molecule has 0 fully saturated rings. The summed E-state index contributed by atoms with van der Waals surface area (Å²) >= 11 is 0. The zero-order valence-corrected chi connectivity index (χ0v) is 9.73. The maximum atomic E-state index is 11.1. The number of hydrogen-bond donors (Lipinski definition) is 1. The average molecular weight is 238 g/mol. The summed E-state index contributed by atoms with van der Waals surface area (Å²) in [5.74, 6) is -1.22. The van der Waals surface area contributed by atoms with Crippen LogP contribution < -0.4 is 9.47 Å². The largest absolute Gasteiger partial charge is 0.493 e. The lowest BCUT2D eigenvalue weighted by molar-refractivity contribution is -0.148. The topological polar surface area (TPSA) is 72.8 Å². The molecule has 0 saturated carbocycles. The molecular weight excluding hydrogens is 224 g/mol. The summed E-state index contributed by atoms with van der Waals surface area (Å²) < 4.78 is 10.4. The SMILES string of the molecule is CCOc1ccc(CC(=O)C(=O)O)cc1OC. The van der Waals surface area contributed by atoms with Crippen molar-refractivity contribution >= 4 is 11.8 Å². The van der Waals surface area contributed by atoms with E-state index < -0.39 is 11.8 Å². The number of carboxylic acid groups (broad SMARTS) is 1. The fourth-order valence-electron chi connectivity index (χ4n) is 1.36. The van der Waals surface area contributed by atoms with Crippen LogP contribution in [0.15, 0.2) is 18.2 Å². The van der Waals surface area contributed by atoms with E-state index in [1.54, 1.807) is 18.2 Å². The first-order valence-corrected chi connectivity index (χ1v) is 5.14. The van der Waals surface area contributed by atoms with Crippen LogP contribution in [-0.4, -0.2) is 30.6 Å². The van der Waals surface area contributed by atoms with Crippen LogP contribution in [-0.2, 0) is 16.0 Å². The molecule has 0 bridgehead atoms. The van der Waals surface area contributed by atoms with Crippen LogP contribution in [0.3, 0.4) is 0 Å². The number of benzene rings is 1. The van der Waals surface area contributed by atoms with Crippen LogP contribution in [0.5, 0.6) is 11.5 Å². The molecule has 17 heavy (non-hydrogen) atoms. The van der Waals surface area contributed by atoms with E-state index >= 15 is 0 Å². The van der Waals surface area contributed by atoms with Gasteiger partial charge in [0.05, 0.1) is 13.7 Å². The highest BCUT2D eigenvalue weighted by atomic mass is 16.5. The molecule has 0 aromatic heterocycles. The average Bonchev–Trinajstić information content (AvgIpc) is 2.31. The number of Topliss-reactive ketones (excluding diaryl/α,β-unsaturated/α-hetero) is 1. The Labute approximate surface area is 99.0 Å². The summed E-state index contributed by atoms with van der Waals surface area (Å²) in [6, 6.07) is 4.91.